The predicted octanol–water partition coefficient (Wildman–Crippen LogP) is 1.23. The van der Waals surface area contributed by atoms with Gasteiger partial charge in [-0.3, -0.25) is 4.79 Å². The van der Waals surface area contributed by atoms with Gasteiger partial charge in [0.1, 0.15) is 5.01 Å². The summed E-state index contributed by atoms with van der Waals surface area (Å²) in [4.78, 5) is 15.7. The number of thiazole rings is 1. The minimum Gasteiger partial charge on any atom is -0.345 e. The van der Waals surface area contributed by atoms with E-state index in [1.54, 1.807) is 6.20 Å². The number of rotatable bonds is 4. The molecule has 1 unspecified atom stereocenters. The Labute approximate surface area is 93.9 Å². The van der Waals surface area contributed by atoms with E-state index in [-0.39, 0.29) is 11.9 Å². The highest BCUT2D eigenvalue weighted by molar-refractivity contribution is 7.09. The second-order valence-electron chi connectivity index (χ2n) is 4.19. The summed E-state index contributed by atoms with van der Waals surface area (Å²) in [5, 5.41) is 5.72. The number of carbonyl (C=O) groups excluding carboxylic acids is 1. The number of hydrogen-bond donors (Lipinski definition) is 2. The Morgan fingerprint density at radius 3 is 2.87 bits per heavy atom. The molecule has 0 spiro atoms. The predicted molar refractivity (Wildman–Crippen MR) is 61.5 cm³/mol. The van der Waals surface area contributed by atoms with Gasteiger partial charge in [0.2, 0.25) is 5.91 Å². The first-order valence-electron chi connectivity index (χ1n) is 4.88. The van der Waals surface area contributed by atoms with Gasteiger partial charge >= 0.3 is 0 Å². The molecular formula is C10H17N3OS. The highest BCUT2D eigenvalue weighted by Crippen LogP contribution is 2.21. The molecule has 0 aliphatic heterocycles. The van der Waals surface area contributed by atoms with Crippen molar-refractivity contribution >= 4 is 17.2 Å². The standard InChI is InChI=1S/C10H17N3OS/c1-7(11)6-8(14)13-10(2,3)9-12-4-5-15-9/h4-5,7H,6,11H2,1-3H3,(H,13,14). The Kier molecular flexibility index (Phi) is 3.82. The Morgan fingerprint density at radius 2 is 2.40 bits per heavy atom. The molecule has 1 rings (SSSR count). The Hall–Kier alpha value is -0.940. The molecule has 1 aromatic rings. The van der Waals surface area contributed by atoms with E-state index < -0.39 is 5.54 Å². The molecule has 1 aromatic heterocycles. The zero-order valence-corrected chi connectivity index (χ0v) is 10.1. The Bertz CT molecular complexity index is 319. The number of nitrogens with two attached hydrogens (primary N) is 1. The number of carbonyl (C=O) groups is 1. The summed E-state index contributed by atoms with van der Waals surface area (Å²) in [6.07, 6.45) is 2.08. The van der Waals surface area contributed by atoms with E-state index in [0.29, 0.717) is 6.42 Å². The first kappa shape index (κ1) is 12.1. The van der Waals surface area contributed by atoms with E-state index in [9.17, 15) is 4.79 Å². The summed E-state index contributed by atoms with van der Waals surface area (Å²) in [6, 6.07) is -0.114. The van der Waals surface area contributed by atoms with Crippen molar-refractivity contribution in [1.29, 1.82) is 0 Å². The average molecular weight is 227 g/mol. The van der Waals surface area contributed by atoms with Gasteiger partial charge in [0.25, 0.3) is 0 Å². The van der Waals surface area contributed by atoms with E-state index in [1.807, 2.05) is 26.2 Å². The Morgan fingerprint density at radius 1 is 1.73 bits per heavy atom. The fourth-order valence-corrected chi connectivity index (χ4v) is 2.00. The lowest BCUT2D eigenvalue weighted by Crippen LogP contribution is -2.42. The summed E-state index contributed by atoms with van der Waals surface area (Å²) in [7, 11) is 0. The number of nitrogens with zero attached hydrogens (tertiary/aromatic N) is 1. The maximum atomic E-state index is 11.6. The molecule has 0 aliphatic rings. The monoisotopic (exact) mass is 227 g/mol. The molecule has 0 bridgehead atoms. The quantitative estimate of drug-likeness (QED) is 0.813. The lowest BCUT2D eigenvalue weighted by Gasteiger charge is -2.24. The molecule has 4 nitrogen and oxygen atoms in total. The van der Waals surface area contributed by atoms with Crippen LogP contribution in [0.2, 0.25) is 0 Å². The summed E-state index contributed by atoms with van der Waals surface area (Å²) >= 11 is 1.53. The van der Waals surface area contributed by atoms with Crippen molar-refractivity contribution in [2.24, 2.45) is 5.73 Å². The lowest BCUT2D eigenvalue weighted by molar-refractivity contribution is -0.123. The molecule has 84 valence electrons. The van der Waals surface area contributed by atoms with Crippen molar-refractivity contribution in [2.75, 3.05) is 0 Å². The van der Waals surface area contributed by atoms with Crippen LogP contribution in [0.1, 0.15) is 32.2 Å². The van der Waals surface area contributed by atoms with Crippen LogP contribution in [0.3, 0.4) is 0 Å². The first-order valence-corrected chi connectivity index (χ1v) is 5.76. The highest BCUT2D eigenvalue weighted by atomic mass is 32.1. The van der Waals surface area contributed by atoms with Gasteiger partial charge in [-0.25, -0.2) is 4.98 Å². The van der Waals surface area contributed by atoms with Gasteiger partial charge in [0.05, 0.1) is 5.54 Å². The van der Waals surface area contributed by atoms with Crippen LogP contribution < -0.4 is 11.1 Å². The molecule has 0 saturated carbocycles. The third-order valence-corrected chi connectivity index (χ3v) is 3.02. The molecule has 15 heavy (non-hydrogen) atoms. The van der Waals surface area contributed by atoms with Crippen LogP contribution >= 0.6 is 11.3 Å². The highest BCUT2D eigenvalue weighted by Gasteiger charge is 2.25. The van der Waals surface area contributed by atoms with E-state index >= 15 is 0 Å². The molecule has 1 heterocycles. The molecular weight excluding hydrogens is 210 g/mol. The summed E-state index contributed by atoms with van der Waals surface area (Å²) in [6.45, 7) is 5.69. The number of hydrogen-bond acceptors (Lipinski definition) is 4. The number of aromatic nitrogens is 1. The minimum absolute atomic E-state index is 0.0369. The van der Waals surface area contributed by atoms with Gasteiger partial charge in [-0.15, -0.1) is 11.3 Å². The molecule has 0 saturated heterocycles. The van der Waals surface area contributed by atoms with Gasteiger partial charge in [-0.1, -0.05) is 0 Å². The van der Waals surface area contributed by atoms with Crippen molar-refractivity contribution in [3.63, 3.8) is 0 Å². The minimum atomic E-state index is -0.417. The lowest BCUT2D eigenvalue weighted by atomic mass is 10.1. The molecule has 0 fully saturated rings. The van der Waals surface area contributed by atoms with Crippen LogP contribution in [0.15, 0.2) is 11.6 Å². The normalized spacial score (nSPS) is 13.6. The van der Waals surface area contributed by atoms with Crippen molar-refractivity contribution in [3.05, 3.63) is 16.6 Å². The van der Waals surface area contributed by atoms with Crippen LogP contribution in [0.5, 0.6) is 0 Å². The van der Waals surface area contributed by atoms with E-state index in [2.05, 4.69) is 10.3 Å². The van der Waals surface area contributed by atoms with Gasteiger partial charge in [0.15, 0.2) is 0 Å². The summed E-state index contributed by atoms with van der Waals surface area (Å²) < 4.78 is 0. The summed E-state index contributed by atoms with van der Waals surface area (Å²) in [5.41, 5.74) is 5.14. The van der Waals surface area contributed by atoms with Crippen LogP contribution in [0.25, 0.3) is 0 Å². The van der Waals surface area contributed by atoms with Crippen LogP contribution in [0, 0.1) is 0 Å². The van der Waals surface area contributed by atoms with Gasteiger partial charge < -0.3 is 11.1 Å². The van der Waals surface area contributed by atoms with Gasteiger partial charge in [0, 0.05) is 24.0 Å². The molecule has 0 aliphatic carbocycles. The van der Waals surface area contributed by atoms with Gasteiger partial charge in [-0.05, 0) is 20.8 Å². The summed E-state index contributed by atoms with van der Waals surface area (Å²) in [5.74, 6) is -0.0369. The number of nitrogens with one attached hydrogen (secondary N) is 1. The van der Waals surface area contributed by atoms with Crippen LogP contribution in [-0.4, -0.2) is 16.9 Å². The maximum absolute atomic E-state index is 11.6. The fraction of sp³-hybridized carbons (Fsp3) is 0.600. The zero-order valence-electron chi connectivity index (χ0n) is 9.28. The third kappa shape index (κ3) is 3.60. The smallest absolute Gasteiger partial charge is 0.222 e. The molecule has 1 atom stereocenters. The second-order valence-corrected chi connectivity index (χ2v) is 5.09. The van der Waals surface area contributed by atoms with E-state index in [4.69, 9.17) is 5.73 Å². The van der Waals surface area contributed by atoms with Crippen molar-refractivity contribution < 1.29 is 4.79 Å². The van der Waals surface area contributed by atoms with Crippen molar-refractivity contribution in [1.82, 2.24) is 10.3 Å². The van der Waals surface area contributed by atoms with E-state index in [0.717, 1.165) is 5.01 Å². The second kappa shape index (κ2) is 4.72. The zero-order chi connectivity index (χ0) is 11.5. The SMILES string of the molecule is CC(N)CC(=O)NC(C)(C)c1nccs1. The molecule has 3 N–H and O–H groups in total. The topological polar surface area (TPSA) is 68.0 Å². The number of amides is 1. The fourth-order valence-electron chi connectivity index (χ4n) is 1.28. The Balaban J connectivity index is 2.61. The largest absolute Gasteiger partial charge is 0.345 e. The van der Waals surface area contributed by atoms with E-state index in [1.165, 1.54) is 11.3 Å². The third-order valence-electron chi connectivity index (χ3n) is 1.93. The molecule has 0 aromatic carbocycles. The molecule has 0 radical (unpaired) electrons. The first-order chi connectivity index (χ1) is 6.92. The van der Waals surface area contributed by atoms with Crippen molar-refractivity contribution in [3.8, 4) is 0 Å². The maximum Gasteiger partial charge on any atom is 0.222 e. The van der Waals surface area contributed by atoms with Crippen molar-refractivity contribution in [2.45, 2.75) is 38.8 Å². The average Bonchev–Trinajstić information content (AvgIpc) is 2.51. The van der Waals surface area contributed by atoms with Gasteiger partial charge in [-0.2, -0.15) is 0 Å². The molecule has 1 amide bonds. The van der Waals surface area contributed by atoms with Crippen LogP contribution in [-0.2, 0) is 10.3 Å². The van der Waals surface area contributed by atoms with Crippen LogP contribution in [0.4, 0.5) is 0 Å². The molecule has 5 heteroatoms.